The Hall–Kier alpha value is -3.25. The SMILES string of the molecule is CCOC(=O)C(Cc1ccccc1)Nc1cc(C)c(Oc2ccc(O[Si](C)(C)C(C)(C)C)c(C(C)C)c2)c(C)c1. The molecular weight excluding hydrogens is 514 g/mol. The standard InChI is InChI=1S/C34H47NO4Si/c1-11-37-33(36)30(21-26-15-13-12-14-16-26)35-27-19-24(4)32(25(5)20-27)38-28-17-18-31(29(22-28)23(2)3)39-40(9,10)34(6,7)8/h12-20,22-23,30,35H,11,21H2,1-10H3. The molecular formula is C34H47NO4Si. The molecule has 0 radical (unpaired) electrons. The number of benzene rings is 3. The normalized spacial score (nSPS) is 12.7. The molecule has 3 aromatic carbocycles. The van der Waals surface area contributed by atoms with Crippen molar-refractivity contribution in [1.29, 1.82) is 0 Å². The Kier molecular flexibility index (Phi) is 10.1. The number of aryl methyl sites for hydroxylation is 2. The van der Waals surface area contributed by atoms with Crippen molar-refractivity contribution in [2.45, 2.75) is 91.9 Å². The first kappa shape index (κ1) is 31.3. The third-order valence-corrected chi connectivity index (χ3v) is 12.0. The number of carbonyl (C=O) groups excluding carboxylic acids is 1. The Balaban J connectivity index is 1.85. The van der Waals surface area contributed by atoms with E-state index in [9.17, 15) is 4.79 Å². The van der Waals surface area contributed by atoms with Crippen molar-refractivity contribution in [2.24, 2.45) is 0 Å². The lowest BCUT2D eigenvalue weighted by Crippen LogP contribution is -2.44. The number of hydrogen-bond acceptors (Lipinski definition) is 5. The van der Waals surface area contributed by atoms with Crippen LogP contribution < -0.4 is 14.5 Å². The van der Waals surface area contributed by atoms with E-state index in [2.05, 4.69) is 65.2 Å². The Bertz CT molecular complexity index is 1270. The van der Waals surface area contributed by atoms with Crippen molar-refractivity contribution in [3.8, 4) is 17.2 Å². The molecule has 0 fully saturated rings. The lowest BCUT2D eigenvalue weighted by Gasteiger charge is -2.37. The summed E-state index contributed by atoms with van der Waals surface area (Å²) in [5, 5.41) is 3.53. The first-order valence-electron chi connectivity index (χ1n) is 14.3. The Morgan fingerprint density at radius 1 is 0.950 bits per heavy atom. The Labute approximate surface area is 242 Å². The molecule has 1 N–H and O–H groups in total. The van der Waals surface area contributed by atoms with Crippen LogP contribution in [-0.4, -0.2) is 26.9 Å². The predicted molar refractivity (Wildman–Crippen MR) is 169 cm³/mol. The second kappa shape index (κ2) is 12.9. The minimum Gasteiger partial charge on any atom is -0.543 e. The first-order valence-corrected chi connectivity index (χ1v) is 17.2. The molecule has 0 aliphatic heterocycles. The maximum Gasteiger partial charge on any atom is 0.328 e. The molecule has 0 bridgehead atoms. The molecule has 0 aliphatic rings. The number of ether oxygens (including phenoxy) is 2. The minimum absolute atomic E-state index is 0.119. The van der Waals surface area contributed by atoms with E-state index in [0.29, 0.717) is 18.9 Å². The van der Waals surface area contributed by atoms with E-state index in [4.69, 9.17) is 13.9 Å². The number of nitrogens with one attached hydrogen (secondary N) is 1. The number of anilines is 1. The van der Waals surface area contributed by atoms with Crippen LogP contribution in [0.1, 0.15) is 69.7 Å². The molecule has 3 rings (SSSR count). The number of rotatable bonds is 11. The van der Waals surface area contributed by atoms with Crippen LogP contribution in [0.15, 0.2) is 60.7 Å². The van der Waals surface area contributed by atoms with Crippen molar-refractivity contribution in [2.75, 3.05) is 11.9 Å². The van der Waals surface area contributed by atoms with Crippen molar-refractivity contribution >= 4 is 20.0 Å². The smallest absolute Gasteiger partial charge is 0.328 e. The van der Waals surface area contributed by atoms with Gasteiger partial charge in [-0.25, -0.2) is 4.79 Å². The van der Waals surface area contributed by atoms with Crippen molar-refractivity contribution in [3.63, 3.8) is 0 Å². The quantitative estimate of drug-likeness (QED) is 0.187. The van der Waals surface area contributed by atoms with E-state index >= 15 is 0 Å². The molecule has 0 aromatic heterocycles. The highest BCUT2D eigenvalue weighted by molar-refractivity contribution is 6.74. The van der Waals surface area contributed by atoms with Crippen LogP contribution in [0.5, 0.6) is 17.2 Å². The molecule has 6 heteroatoms. The fourth-order valence-electron chi connectivity index (χ4n) is 4.36. The van der Waals surface area contributed by atoms with Crippen LogP contribution in [0, 0.1) is 13.8 Å². The summed E-state index contributed by atoms with van der Waals surface area (Å²) >= 11 is 0. The minimum atomic E-state index is -1.97. The second-order valence-corrected chi connectivity index (χ2v) is 17.1. The van der Waals surface area contributed by atoms with Gasteiger partial charge in [0.05, 0.1) is 6.61 Å². The molecule has 1 atom stereocenters. The first-order chi connectivity index (χ1) is 18.7. The molecule has 0 spiro atoms. The van der Waals surface area contributed by atoms with E-state index in [0.717, 1.165) is 45.2 Å². The van der Waals surface area contributed by atoms with Crippen LogP contribution in [0.2, 0.25) is 18.1 Å². The highest BCUT2D eigenvalue weighted by Crippen LogP contribution is 2.41. The topological polar surface area (TPSA) is 56.8 Å². The largest absolute Gasteiger partial charge is 0.543 e. The molecule has 0 heterocycles. The summed E-state index contributed by atoms with van der Waals surface area (Å²) in [6, 6.07) is 19.7. The fraction of sp³-hybridized carbons (Fsp3) is 0.441. The summed E-state index contributed by atoms with van der Waals surface area (Å²) in [4.78, 5) is 12.8. The lowest BCUT2D eigenvalue weighted by molar-refractivity contribution is -0.144. The molecule has 3 aromatic rings. The van der Waals surface area contributed by atoms with Gasteiger partial charge in [-0.05, 0) is 97.4 Å². The molecule has 40 heavy (non-hydrogen) atoms. The zero-order valence-corrected chi connectivity index (χ0v) is 27.0. The molecule has 0 saturated carbocycles. The van der Waals surface area contributed by atoms with E-state index in [1.165, 1.54) is 0 Å². The third-order valence-electron chi connectivity index (χ3n) is 7.65. The molecule has 0 aliphatic carbocycles. The summed E-state index contributed by atoms with van der Waals surface area (Å²) in [7, 11) is -1.97. The van der Waals surface area contributed by atoms with Crippen molar-refractivity contribution in [1.82, 2.24) is 0 Å². The van der Waals surface area contributed by atoms with Gasteiger partial charge in [-0.15, -0.1) is 0 Å². The number of esters is 1. The summed E-state index contributed by atoms with van der Waals surface area (Å²) < 4.78 is 18.5. The fourth-order valence-corrected chi connectivity index (χ4v) is 5.40. The zero-order valence-electron chi connectivity index (χ0n) is 26.0. The van der Waals surface area contributed by atoms with Crippen LogP contribution in [-0.2, 0) is 16.0 Å². The van der Waals surface area contributed by atoms with Gasteiger partial charge in [-0.1, -0.05) is 65.0 Å². The van der Waals surface area contributed by atoms with E-state index in [1.807, 2.05) is 69.3 Å². The molecule has 0 saturated heterocycles. The maximum atomic E-state index is 12.8. The highest BCUT2D eigenvalue weighted by atomic mass is 28.4. The number of carbonyl (C=O) groups is 1. The highest BCUT2D eigenvalue weighted by Gasteiger charge is 2.39. The van der Waals surface area contributed by atoms with Crippen LogP contribution in [0.4, 0.5) is 5.69 Å². The van der Waals surface area contributed by atoms with Crippen molar-refractivity contribution < 1.29 is 18.7 Å². The zero-order chi connectivity index (χ0) is 29.7. The third kappa shape index (κ3) is 7.91. The van der Waals surface area contributed by atoms with E-state index in [-0.39, 0.29) is 11.0 Å². The van der Waals surface area contributed by atoms with Crippen molar-refractivity contribution in [3.05, 3.63) is 82.9 Å². The summed E-state index contributed by atoms with van der Waals surface area (Å²) in [5.41, 5.74) is 5.05. The van der Waals surface area contributed by atoms with Gasteiger partial charge in [-0.2, -0.15) is 0 Å². The maximum absolute atomic E-state index is 12.8. The van der Waals surface area contributed by atoms with Gasteiger partial charge in [0, 0.05) is 12.1 Å². The molecule has 5 nitrogen and oxygen atoms in total. The summed E-state index contributed by atoms with van der Waals surface area (Å²) in [5.74, 6) is 2.58. The Morgan fingerprint density at radius 2 is 1.57 bits per heavy atom. The van der Waals surface area contributed by atoms with Gasteiger partial charge in [-0.3, -0.25) is 0 Å². The van der Waals surface area contributed by atoms with Crippen LogP contribution >= 0.6 is 0 Å². The van der Waals surface area contributed by atoms with Gasteiger partial charge < -0.3 is 19.2 Å². The van der Waals surface area contributed by atoms with E-state index < -0.39 is 14.4 Å². The lowest BCUT2D eigenvalue weighted by atomic mass is 10.0. The monoisotopic (exact) mass is 561 g/mol. The van der Waals surface area contributed by atoms with Gasteiger partial charge in [0.25, 0.3) is 0 Å². The van der Waals surface area contributed by atoms with E-state index in [1.54, 1.807) is 0 Å². The van der Waals surface area contributed by atoms with Crippen LogP contribution in [0.3, 0.4) is 0 Å². The van der Waals surface area contributed by atoms with Crippen LogP contribution in [0.25, 0.3) is 0 Å². The Morgan fingerprint density at radius 3 is 2.12 bits per heavy atom. The average molecular weight is 562 g/mol. The average Bonchev–Trinajstić information content (AvgIpc) is 2.86. The summed E-state index contributed by atoms with van der Waals surface area (Å²) in [6.07, 6.45) is 0.539. The second-order valence-electron chi connectivity index (χ2n) is 12.4. The summed E-state index contributed by atoms with van der Waals surface area (Å²) in [6.45, 7) is 21.9. The predicted octanol–water partition coefficient (Wildman–Crippen LogP) is 9.19. The van der Waals surface area contributed by atoms with Gasteiger partial charge in [0.2, 0.25) is 8.32 Å². The molecule has 216 valence electrons. The molecule has 1 unspecified atom stereocenters. The van der Waals surface area contributed by atoms with Gasteiger partial charge >= 0.3 is 5.97 Å². The molecule has 0 amide bonds. The van der Waals surface area contributed by atoms with Gasteiger partial charge in [0.15, 0.2) is 0 Å². The number of hydrogen-bond donors (Lipinski definition) is 1. The van der Waals surface area contributed by atoms with Gasteiger partial charge in [0.1, 0.15) is 23.3 Å².